The van der Waals surface area contributed by atoms with E-state index in [4.69, 9.17) is 0 Å². The van der Waals surface area contributed by atoms with Crippen LogP contribution in [0.1, 0.15) is 58.8 Å². The van der Waals surface area contributed by atoms with Gasteiger partial charge in [0.2, 0.25) is 0 Å². The summed E-state index contributed by atoms with van der Waals surface area (Å²) < 4.78 is 0. The fourth-order valence-electron chi connectivity index (χ4n) is 3.50. The minimum atomic E-state index is 0.875. The van der Waals surface area contributed by atoms with Crippen molar-refractivity contribution in [2.75, 3.05) is 19.6 Å². The zero-order valence-electron chi connectivity index (χ0n) is 12.3. The van der Waals surface area contributed by atoms with E-state index >= 15 is 0 Å². The van der Waals surface area contributed by atoms with Crippen LogP contribution in [0.15, 0.2) is 0 Å². The van der Waals surface area contributed by atoms with Gasteiger partial charge in [-0.2, -0.15) is 0 Å². The first-order valence-electron chi connectivity index (χ1n) is 7.90. The zero-order valence-corrected chi connectivity index (χ0v) is 12.3. The van der Waals surface area contributed by atoms with Crippen molar-refractivity contribution in [1.82, 2.24) is 4.90 Å². The lowest BCUT2D eigenvalue weighted by Gasteiger charge is -2.35. The van der Waals surface area contributed by atoms with E-state index in [2.05, 4.69) is 23.7 Å². The van der Waals surface area contributed by atoms with Crippen LogP contribution in [0.2, 0.25) is 0 Å². The molecule has 0 amide bonds. The van der Waals surface area contributed by atoms with E-state index in [1.807, 2.05) is 6.92 Å². The summed E-state index contributed by atoms with van der Waals surface area (Å²) in [5, 5.41) is 0. The van der Waals surface area contributed by atoms with Crippen molar-refractivity contribution in [2.24, 2.45) is 17.8 Å². The van der Waals surface area contributed by atoms with Gasteiger partial charge in [-0.05, 0) is 63.5 Å². The zero-order chi connectivity index (χ0) is 12.8. The van der Waals surface area contributed by atoms with E-state index in [1.165, 1.54) is 58.2 Å². The van der Waals surface area contributed by atoms with Crippen molar-refractivity contribution >= 4 is 0 Å². The molecule has 1 saturated carbocycles. The van der Waals surface area contributed by atoms with Gasteiger partial charge in [0.1, 0.15) is 0 Å². The van der Waals surface area contributed by atoms with E-state index in [0.717, 1.165) is 24.2 Å². The quantitative estimate of drug-likeness (QED) is 0.683. The Morgan fingerprint density at radius 1 is 0.944 bits per heavy atom. The van der Waals surface area contributed by atoms with Gasteiger partial charge in [-0.1, -0.05) is 19.8 Å². The summed E-state index contributed by atoms with van der Waals surface area (Å²) in [4.78, 5) is 2.72. The first-order chi connectivity index (χ1) is 8.78. The maximum atomic E-state index is 3.25. The molecule has 1 aliphatic heterocycles. The van der Waals surface area contributed by atoms with Crippen molar-refractivity contribution in [2.45, 2.75) is 58.8 Å². The first kappa shape index (κ1) is 13.9. The average Bonchev–Trinajstić information content (AvgIpc) is 2.41. The Hall–Kier alpha value is -0.480. The highest BCUT2D eigenvalue weighted by molar-refractivity contribution is 4.97. The van der Waals surface area contributed by atoms with Crippen LogP contribution in [0, 0.1) is 29.6 Å². The normalized spacial score (nSPS) is 30.8. The van der Waals surface area contributed by atoms with Crippen molar-refractivity contribution in [3.63, 3.8) is 0 Å². The molecule has 0 atom stereocenters. The number of nitrogens with zero attached hydrogens (tertiary/aromatic N) is 1. The third-order valence-corrected chi connectivity index (χ3v) is 4.93. The van der Waals surface area contributed by atoms with Gasteiger partial charge in [-0.15, -0.1) is 11.8 Å². The summed E-state index contributed by atoms with van der Waals surface area (Å²) >= 11 is 0. The molecular weight excluding hydrogens is 218 g/mol. The van der Waals surface area contributed by atoms with Crippen molar-refractivity contribution < 1.29 is 0 Å². The second kappa shape index (κ2) is 7.19. The molecule has 2 rings (SSSR count). The molecule has 1 aliphatic carbocycles. The van der Waals surface area contributed by atoms with Crippen molar-refractivity contribution in [3.05, 3.63) is 0 Å². The fraction of sp³-hybridized carbons (Fsp3) is 0.882. The number of hydrogen-bond donors (Lipinski definition) is 0. The Labute approximate surface area is 113 Å². The monoisotopic (exact) mass is 247 g/mol. The van der Waals surface area contributed by atoms with Crippen LogP contribution < -0.4 is 0 Å². The molecule has 1 heteroatoms. The molecule has 1 heterocycles. The van der Waals surface area contributed by atoms with Gasteiger partial charge in [-0.3, -0.25) is 0 Å². The second-order valence-electron chi connectivity index (χ2n) is 6.50. The van der Waals surface area contributed by atoms with Gasteiger partial charge in [0, 0.05) is 13.0 Å². The molecule has 0 spiro atoms. The molecule has 0 bridgehead atoms. The maximum Gasteiger partial charge on any atom is 0.0118 e. The SMILES string of the molecule is CC#CCC1CCN(CC2CCC(C)CC2)CC1. The van der Waals surface area contributed by atoms with E-state index in [1.54, 1.807) is 0 Å². The lowest BCUT2D eigenvalue weighted by molar-refractivity contribution is 0.139. The molecule has 2 fully saturated rings. The van der Waals surface area contributed by atoms with Crippen LogP contribution in [-0.2, 0) is 0 Å². The molecule has 18 heavy (non-hydrogen) atoms. The second-order valence-corrected chi connectivity index (χ2v) is 6.50. The third kappa shape index (κ3) is 4.32. The summed E-state index contributed by atoms with van der Waals surface area (Å²) in [6, 6.07) is 0. The molecule has 1 saturated heterocycles. The minimum Gasteiger partial charge on any atom is -0.303 e. The van der Waals surface area contributed by atoms with Crippen molar-refractivity contribution in [1.29, 1.82) is 0 Å². The first-order valence-corrected chi connectivity index (χ1v) is 7.90. The molecule has 1 nitrogen and oxygen atoms in total. The maximum absolute atomic E-state index is 3.25. The van der Waals surface area contributed by atoms with Crippen LogP contribution in [0.25, 0.3) is 0 Å². The minimum absolute atomic E-state index is 0.875. The molecule has 0 radical (unpaired) electrons. The summed E-state index contributed by atoms with van der Waals surface area (Å²) in [6.45, 7) is 8.39. The Balaban J connectivity index is 1.65. The van der Waals surface area contributed by atoms with Crippen LogP contribution in [0.4, 0.5) is 0 Å². The highest BCUT2D eigenvalue weighted by atomic mass is 15.1. The summed E-state index contributed by atoms with van der Waals surface area (Å²) in [6.07, 6.45) is 9.76. The predicted molar refractivity (Wildman–Crippen MR) is 78.4 cm³/mol. The Bertz CT molecular complexity index is 282. The molecular formula is C17H29N. The Kier molecular flexibility index (Phi) is 5.57. The molecule has 2 aliphatic rings. The molecule has 102 valence electrons. The molecule has 0 N–H and O–H groups in total. The number of likely N-dealkylation sites (tertiary alicyclic amines) is 1. The smallest absolute Gasteiger partial charge is 0.0118 e. The van der Waals surface area contributed by atoms with E-state index in [9.17, 15) is 0 Å². The van der Waals surface area contributed by atoms with Crippen LogP contribution in [-0.4, -0.2) is 24.5 Å². The topological polar surface area (TPSA) is 3.24 Å². The summed E-state index contributed by atoms with van der Waals surface area (Å²) in [7, 11) is 0. The van der Waals surface area contributed by atoms with Gasteiger partial charge in [-0.25, -0.2) is 0 Å². The summed E-state index contributed by atoms with van der Waals surface area (Å²) in [5.74, 6) is 9.14. The van der Waals surface area contributed by atoms with E-state index in [0.29, 0.717) is 0 Å². The molecule has 0 aromatic carbocycles. The van der Waals surface area contributed by atoms with Gasteiger partial charge >= 0.3 is 0 Å². The Morgan fingerprint density at radius 3 is 2.22 bits per heavy atom. The summed E-state index contributed by atoms with van der Waals surface area (Å²) in [5.41, 5.74) is 0. The van der Waals surface area contributed by atoms with Gasteiger partial charge in [0.05, 0.1) is 0 Å². The largest absolute Gasteiger partial charge is 0.303 e. The Morgan fingerprint density at radius 2 is 1.61 bits per heavy atom. The van der Waals surface area contributed by atoms with Crippen LogP contribution >= 0.6 is 0 Å². The standard InChI is InChI=1S/C17H29N/c1-3-4-5-16-10-12-18(13-11-16)14-17-8-6-15(2)7-9-17/h15-17H,5-14H2,1-2H3. The van der Waals surface area contributed by atoms with Crippen molar-refractivity contribution in [3.8, 4) is 11.8 Å². The number of rotatable bonds is 3. The fourth-order valence-corrected chi connectivity index (χ4v) is 3.50. The molecule has 0 unspecified atom stereocenters. The lowest BCUT2D eigenvalue weighted by atomic mass is 9.82. The average molecular weight is 247 g/mol. The molecule has 0 aromatic rings. The number of hydrogen-bond acceptors (Lipinski definition) is 1. The molecule has 0 aromatic heterocycles. The van der Waals surface area contributed by atoms with Crippen LogP contribution in [0.5, 0.6) is 0 Å². The van der Waals surface area contributed by atoms with Gasteiger partial charge < -0.3 is 4.90 Å². The van der Waals surface area contributed by atoms with Crippen LogP contribution in [0.3, 0.4) is 0 Å². The lowest BCUT2D eigenvalue weighted by Crippen LogP contribution is -2.37. The third-order valence-electron chi connectivity index (χ3n) is 4.93. The van der Waals surface area contributed by atoms with Gasteiger partial charge in [0.25, 0.3) is 0 Å². The highest BCUT2D eigenvalue weighted by Gasteiger charge is 2.23. The van der Waals surface area contributed by atoms with E-state index in [-0.39, 0.29) is 0 Å². The highest BCUT2D eigenvalue weighted by Crippen LogP contribution is 2.30. The number of piperidine rings is 1. The van der Waals surface area contributed by atoms with Gasteiger partial charge in [0.15, 0.2) is 0 Å². The van der Waals surface area contributed by atoms with E-state index < -0.39 is 0 Å². The predicted octanol–water partition coefficient (Wildman–Crippen LogP) is 3.94.